The van der Waals surface area contributed by atoms with Crippen molar-refractivity contribution in [1.82, 2.24) is 10.2 Å². The molecule has 214 valence electrons. The fraction of sp³-hybridized carbons (Fsp3) is 0.161. The molecule has 1 unspecified atom stereocenters. The summed E-state index contributed by atoms with van der Waals surface area (Å²) in [6.45, 7) is 0.445. The number of hydrogen-bond acceptors (Lipinski definition) is 7. The van der Waals surface area contributed by atoms with E-state index in [1.807, 2.05) is 30.3 Å². The summed E-state index contributed by atoms with van der Waals surface area (Å²) in [5, 5.41) is 5.19. The number of amidine groups is 1. The lowest BCUT2D eigenvalue weighted by Gasteiger charge is -2.15. The summed E-state index contributed by atoms with van der Waals surface area (Å²) >= 11 is 1.26. The number of rotatable bonds is 10. The van der Waals surface area contributed by atoms with E-state index in [1.165, 1.54) is 35.1 Å². The van der Waals surface area contributed by atoms with Gasteiger partial charge in [-0.3, -0.25) is 14.5 Å². The monoisotopic (exact) mass is 586 g/mol. The number of anilines is 1. The normalized spacial score (nSPS) is 15.5. The van der Waals surface area contributed by atoms with Crippen LogP contribution >= 0.6 is 11.8 Å². The van der Waals surface area contributed by atoms with Crippen molar-refractivity contribution >= 4 is 46.2 Å². The summed E-state index contributed by atoms with van der Waals surface area (Å²) in [6.07, 6.45) is 0.988. The first kappa shape index (κ1) is 28.6. The van der Waals surface area contributed by atoms with E-state index in [9.17, 15) is 18.8 Å². The Hall–Kier alpha value is -4.90. The lowest BCUT2D eigenvalue weighted by Crippen LogP contribution is -2.29. The minimum absolute atomic E-state index is 0.0563. The summed E-state index contributed by atoms with van der Waals surface area (Å²) in [5.41, 5.74) is 2.53. The van der Waals surface area contributed by atoms with Crippen molar-refractivity contribution in [1.29, 1.82) is 0 Å². The van der Waals surface area contributed by atoms with Crippen LogP contribution in [-0.2, 0) is 27.5 Å². The van der Waals surface area contributed by atoms with Gasteiger partial charge in [-0.1, -0.05) is 60.3 Å². The Morgan fingerprint density at radius 1 is 1.00 bits per heavy atom. The highest BCUT2D eigenvalue weighted by molar-refractivity contribution is 8.15. The second-order valence-electron chi connectivity index (χ2n) is 9.28. The number of halogens is 1. The zero-order valence-electron chi connectivity index (χ0n) is 22.4. The number of thioether (sulfide) groups is 1. The zero-order chi connectivity index (χ0) is 29.3. The van der Waals surface area contributed by atoms with Crippen LogP contribution < -0.4 is 10.6 Å². The van der Waals surface area contributed by atoms with Gasteiger partial charge in [0.15, 0.2) is 5.17 Å². The van der Waals surface area contributed by atoms with Crippen LogP contribution in [0.3, 0.4) is 0 Å². The maximum atomic E-state index is 13.8. The van der Waals surface area contributed by atoms with Gasteiger partial charge >= 0.3 is 6.09 Å². The van der Waals surface area contributed by atoms with E-state index in [4.69, 9.17) is 9.15 Å². The molecule has 1 aromatic heterocycles. The molecule has 1 aliphatic heterocycles. The molecule has 3 aromatic carbocycles. The quantitative estimate of drug-likeness (QED) is 0.230. The van der Waals surface area contributed by atoms with E-state index in [0.717, 1.165) is 11.1 Å². The van der Waals surface area contributed by atoms with Gasteiger partial charge in [0.05, 0.1) is 18.5 Å². The number of ether oxygens (including phenoxy) is 1. The van der Waals surface area contributed by atoms with Gasteiger partial charge in [0, 0.05) is 18.7 Å². The molecule has 0 radical (unpaired) electrons. The first-order valence-corrected chi connectivity index (χ1v) is 14.0. The van der Waals surface area contributed by atoms with Crippen LogP contribution in [0.2, 0.25) is 0 Å². The molecule has 1 saturated heterocycles. The van der Waals surface area contributed by atoms with Crippen LogP contribution in [0.15, 0.2) is 107 Å². The van der Waals surface area contributed by atoms with Gasteiger partial charge in [0.2, 0.25) is 11.8 Å². The smallest absolute Gasteiger partial charge is 0.407 e. The molecule has 1 fully saturated rings. The van der Waals surface area contributed by atoms with Crippen molar-refractivity contribution in [2.75, 3.05) is 11.9 Å². The Labute approximate surface area is 245 Å². The van der Waals surface area contributed by atoms with Crippen molar-refractivity contribution in [2.45, 2.75) is 24.8 Å². The van der Waals surface area contributed by atoms with Gasteiger partial charge < -0.3 is 19.8 Å². The zero-order valence-corrected chi connectivity index (χ0v) is 23.2. The molecule has 2 heterocycles. The number of amides is 3. The third-order valence-corrected chi connectivity index (χ3v) is 7.43. The van der Waals surface area contributed by atoms with Crippen LogP contribution in [0.1, 0.15) is 28.6 Å². The molecule has 42 heavy (non-hydrogen) atoms. The fourth-order valence-corrected chi connectivity index (χ4v) is 5.30. The molecule has 2 N–H and O–H groups in total. The summed E-state index contributed by atoms with van der Waals surface area (Å²) in [4.78, 5) is 43.8. The molecule has 0 saturated carbocycles. The highest BCUT2D eigenvalue weighted by Crippen LogP contribution is 2.41. The number of furan rings is 1. The topological polar surface area (TPSA) is 113 Å². The number of hydrogen-bond donors (Lipinski definition) is 2. The van der Waals surface area contributed by atoms with E-state index in [-0.39, 0.29) is 37.9 Å². The van der Waals surface area contributed by atoms with Crippen LogP contribution in [0.4, 0.5) is 20.6 Å². The molecule has 4 aromatic rings. The standard InChI is InChI=1S/C31H27FN4O5S/c32-23-8-4-9-25(18-23)35-30-36(19-26-10-5-17-40-26)29(38)28(42-30)22-11-13-24(14-12-22)34-27(37)15-16-33-31(39)41-20-21-6-2-1-3-7-21/h1-14,17-18,28H,15-16,19-20H2,(H,33,39)(H,34,37). The highest BCUT2D eigenvalue weighted by Gasteiger charge is 2.39. The maximum absolute atomic E-state index is 13.8. The van der Waals surface area contributed by atoms with Crippen molar-refractivity contribution in [2.24, 2.45) is 4.99 Å². The molecule has 0 spiro atoms. The maximum Gasteiger partial charge on any atom is 0.407 e. The Kier molecular flexibility index (Phi) is 9.30. The van der Waals surface area contributed by atoms with E-state index in [1.54, 1.807) is 48.5 Å². The second kappa shape index (κ2) is 13.6. The minimum atomic E-state index is -0.601. The molecular weight excluding hydrogens is 559 g/mol. The number of carbonyl (C=O) groups is 3. The highest BCUT2D eigenvalue weighted by atomic mass is 32.2. The molecular formula is C31H27FN4O5S. The van der Waals surface area contributed by atoms with Gasteiger partial charge in [-0.15, -0.1) is 0 Å². The molecule has 11 heteroatoms. The van der Waals surface area contributed by atoms with Crippen molar-refractivity contribution < 1.29 is 27.9 Å². The van der Waals surface area contributed by atoms with Gasteiger partial charge in [0.25, 0.3) is 0 Å². The van der Waals surface area contributed by atoms with E-state index in [0.29, 0.717) is 22.3 Å². The SMILES string of the molecule is O=C(CCNC(=O)OCc1ccccc1)Nc1ccc(C2SC(=Nc3cccc(F)c3)N(Cc3ccco3)C2=O)cc1. The molecule has 0 bridgehead atoms. The van der Waals surface area contributed by atoms with Crippen LogP contribution in [-0.4, -0.2) is 34.5 Å². The second-order valence-corrected chi connectivity index (χ2v) is 10.4. The van der Waals surface area contributed by atoms with Crippen LogP contribution in [0.25, 0.3) is 0 Å². The van der Waals surface area contributed by atoms with Crippen LogP contribution in [0, 0.1) is 5.82 Å². The lowest BCUT2D eigenvalue weighted by molar-refractivity contribution is -0.126. The van der Waals surface area contributed by atoms with Crippen molar-refractivity contribution in [3.8, 4) is 0 Å². The van der Waals surface area contributed by atoms with Gasteiger partial charge in [0.1, 0.15) is 23.4 Å². The lowest BCUT2D eigenvalue weighted by atomic mass is 10.1. The first-order chi connectivity index (χ1) is 20.4. The number of aliphatic imine (C=N–C) groups is 1. The Morgan fingerprint density at radius 3 is 2.55 bits per heavy atom. The van der Waals surface area contributed by atoms with E-state index >= 15 is 0 Å². The summed E-state index contributed by atoms with van der Waals surface area (Å²) in [6, 6.07) is 25.6. The van der Waals surface area contributed by atoms with Crippen molar-refractivity contribution in [3.63, 3.8) is 0 Å². The van der Waals surface area contributed by atoms with Gasteiger partial charge in [-0.25, -0.2) is 14.2 Å². The average Bonchev–Trinajstić information content (AvgIpc) is 3.61. The van der Waals surface area contributed by atoms with Crippen LogP contribution in [0.5, 0.6) is 0 Å². The predicted molar refractivity (Wildman–Crippen MR) is 157 cm³/mol. The largest absolute Gasteiger partial charge is 0.467 e. The Bertz CT molecular complexity index is 1560. The fourth-order valence-electron chi connectivity index (χ4n) is 4.13. The van der Waals surface area contributed by atoms with Gasteiger partial charge in [-0.05, 0) is 53.6 Å². The Morgan fingerprint density at radius 2 is 1.81 bits per heavy atom. The number of nitrogens with zero attached hydrogens (tertiary/aromatic N) is 2. The third-order valence-electron chi connectivity index (χ3n) is 6.20. The van der Waals surface area contributed by atoms with E-state index < -0.39 is 17.2 Å². The Balaban J connectivity index is 1.16. The first-order valence-electron chi connectivity index (χ1n) is 13.1. The summed E-state index contributed by atoms with van der Waals surface area (Å²) in [5.74, 6) is -0.301. The molecule has 1 aliphatic rings. The number of alkyl carbamates (subject to hydrolysis) is 1. The average molecular weight is 587 g/mol. The molecule has 0 aliphatic carbocycles. The predicted octanol–water partition coefficient (Wildman–Crippen LogP) is 6.18. The summed E-state index contributed by atoms with van der Waals surface area (Å²) < 4.78 is 24.3. The minimum Gasteiger partial charge on any atom is -0.467 e. The number of nitrogens with one attached hydrogen (secondary N) is 2. The molecule has 9 nitrogen and oxygen atoms in total. The number of carbonyl (C=O) groups excluding carboxylic acids is 3. The van der Waals surface area contributed by atoms with Gasteiger partial charge in [-0.2, -0.15) is 0 Å². The van der Waals surface area contributed by atoms with Crippen molar-refractivity contribution in [3.05, 3.63) is 120 Å². The third kappa shape index (κ3) is 7.64. The summed E-state index contributed by atoms with van der Waals surface area (Å²) in [7, 11) is 0. The number of benzene rings is 3. The van der Waals surface area contributed by atoms with E-state index in [2.05, 4.69) is 15.6 Å². The molecule has 5 rings (SSSR count). The molecule has 3 amide bonds. The molecule has 1 atom stereocenters.